The predicted molar refractivity (Wildman–Crippen MR) is 75.4 cm³/mol. The van der Waals surface area contributed by atoms with Crippen LogP contribution in [0.2, 0.25) is 5.15 Å². The average Bonchev–Trinajstić information content (AvgIpc) is 2.45. The Labute approximate surface area is 129 Å². The van der Waals surface area contributed by atoms with Crippen molar-refractivity contribution in [3.63, 3.8) is 0 Å². The third kappa shape index (κ3) is 3.98. The second kappa shape index (κ2) is 6.36. The number of carbonyl (C=O) groups excluding carboxylic acids is 1. The lowest BCUT2D eigenvalue weighted by molar-refractivity contribution is -0.140. The number of alkyl halides is 3. The standard InChI is InChI=1S/C15H11ClF3NO2/c1-22-14(21)8-9-6-12(20-13(16)7-9)10-2-4-11(5-3-10)15(17,18)19/h2-7H,8H2,1H3. The summed E-state index contributed by atoms with van der Waals surface area (Å²) in [6, 6.07) is 7.65. The number of ether oxygens (including phenoxy) is 1. The molecular weight excluding hydrogens is 319 g/mol. The van der Waals surface area contributed by atoms with E-state index < -0.39 is 17.7 Å². The highest BCUT2D eigenvalue weighted by atomic mass is 35.5. The van der Waals surface area contributed by atoms with E-state index in [2.05, 4.69) is 9.72 Å². The minimum absolute atomic E-state index is 0.00632. The fraction of sp³-hybridized carbons (Fsp3) is 0.200. The number of carbonyl (C=O) groups is 1. The molecule has 1 aromatic carbocycles. The van der Waals surface area contributed by atoms with E-state index in [1.54, 1.807) is 6.07 Å². The summed E-state index contributed by atoms with van der Waals surface area (Å²) in [6.45, 7) is 0. The first-order valence-corrected chi connectivity index (χ1v) is 6.58. The first-order chi connectivity index (χ1) is 10.3. The second-order valence-electron chi connectivity index (χ2n) is 4.51. The molecule has 0 aliphatic heterocycles. The molecule has 0 aliphatic rings. The molecule has 0 amide bonds. The highest BCUT2D eigenvalue weighted by molar-refractivity contribution is 6.29. The summed E-state index contributed by atoms with van der Waals surface area (Å²) in [5.41, 5.74) is 0.691. The summed E-state index contributed by atoms with van der Waals surface area (Å²) < 4.78 is 42.2. The molecule has 22 heavy (non-hydrogen) atoms. The van der Waals surface area contributed by atoms with E-state index in [4.69, 9.17) is 11.6 Å². The lowest BCUT2D eigenvalue weighted by Crippen LogP contribution is -2.05. The Bertz CT molecular complexity index is 684. The van der Waals surface area contributed by atoms with E-state index in [-0.39, 0.29) is 11.6 Å². The van der Waals surface area contributed by atoms with E-state index in [0.717, 1.165) is 12.1 Å². The van der Waals surface area contributed by atoms with Crippen molar-refractivity contribution in [3.05, 3.63) is 52.7 Å². The Morgan fingerprint density at radius 1 is 1.23 bits per heavy atom. The Hall–Kier alpha value is -2.08. The largest absolute Gasteiger partial charge is 0.469 e. The van der Waals surface area contributed by atoms with E-state index in [1.165, 1.54) is 25.3 Å². The molecule has 116 valence electrons. The number of pyridine rings is 1. The minimum Gasteiger partial charge on any atom is -0.469 e. The van der Waals surface area contributed by atoms with Gasteiger partial charge in [-0.15, -0.1) is 0 Å². The normalized spacial score (nSPS) is 11.3. The summed E-state index contributed by atoms with van der Waals surface area (Å²) >= 11 is 5.89. The molecule has 0 atom stereocenters. The molecule has 0 unspecified atom stereocenters. The molecule has 2 rings (SSSR count). The third-order valence-corrected chi connectivity index (χ3v) is 3.13. The smallest absolute Gasteiger partial charge is 0.416 e. The number of nitrogens with zero attached hydrogens (tertiary/aromatic N) is 1. The Morgan fingerprint density at radius 3 is 2.41 bits per heavy atom. The van der Waals surface area contributed by atoms with Crippen molar-refractivity contribution in [2.75, 3.05) is 7.11 Å². The number of esters is 1. The maximum Gasteiger partial charge on any atom is 0.416 e. The zero-order chi connectivity index (χ0) is 16.3. The quantitative estimate of drug-likeness (QED) is 0.627. The van der Waals surface area contributed by atoms with Crippen LogP contribution in [0.15, 0.2) is 36.4 Å². The molecule has 0 spiro atoms. The van der Waals surface area contributed by atoms with Gasteiger partial charge in [-0.3, -0.25) is 4.79 Å². The van der Waals surface area contributed by atoms with Crippen LogP contribution < -0.4 is 0 Å². The highest BCUT2D eigenvalue weighted by Gasteiger charge is 2.30. The van der Waals surface area contributed by atoms with Gasteiger partial charge in [-0.25, -0.2) is 4.98 Å². The van der Waals surface area contributed by atoms with Crippen LogP contribution in [0.25, 0.3) is 11.3 Å². The number of hydrogen-bond donors (Lipinski definition) is 0. The van der Waals surface area contributed by atoms with Crippen LogP contribution in [-0.4, -0.2) is 18.1 Å². The molecule has 0 saturated heterocycles. The molecule has 0 fully saturated rings. The molecule has 1 aromatic heterocycles. The molecule has 0 aliphatic carbocycles. The minimum atomic E-state index is -4.39. The van der Waals surface area contributed by atoms with Gasteiger partial charge < -0.3 is 4.74 Å². The van der Waals surface area contributed by atoms with Crippen LogP contribution in [-0.2, 0) is 22.1 Å². The predicted octanol–water partition coefficient (Wildman–Crippen LogP) is 4.14. The maximum atomic E-state index is 12.5. The van der Waals surface area contributed by atoms with Gasteiger partial charge in [0, 0.05) is 5.56 Å². The van der Waals surface area contributed by atoms with Gasteiger partial charge in [0.2, 0.25) is 0 Å². The van der Waals surface area contributed by atoms with Gasteiger partial charge in [-0.05, 0) is 29.8 Å². The zero-order valence-corrected chi connectivity index (χ0v) is 12.2. The first kappa shape index (κ1) is 16.3. The van der Waals surface area contributed by atoms with Crippen molar-refractivity contribution in [1.29, 1.82) is 0 Å². The van der Waals surface area contributed by atoms with E-state index in [1.807, 2.05) is 0 Å². The van der Waals surface area contributed by atoms with E-state index >= 15 is 0 Å². The van der Waals surface area contributed by atoms with Gasteiger partial charge >= 0.3 is 12.1 Å². The van der Waals surface area contributed by atoms with Crippen LogP contribution in [0.3, 0.4) is 0 Å². The monoisotopic (exact) mass is 329 g/mol. The summed E-state index contributed by atoms with van der Waals surface area (Å²) in [7, 11) is 1.27. The van der Waals surface area contributed by atoms with Crippen molar-refractivity contribution in [2.45, 2.75) is 12.6 Å². The van der Waals surface area contributed by atoms with Crippen molar-refractivity contribution in [1.82, 2.24) is 4.98 Å². The Kier molecular flexibility index (Phi) is 4.71. The molecule has 3 nitrogen and oxygen atoms in total. The van der Waals surface area contributed by atoms with Gasteiger partial charge in [0.25, 0.3) is 0 Å². The summed E-state index contributed by atoms with van der Waals surface area (Å²) in [5.74, 6) is -0.444. The lowest BCUT2D eigenvalue weighted by atomic mass is 10.1. The van der Waals surface area contributed by atoms with Crippen molar-refractivity contribution in [2.24, 2.45) is 0 Å². The number of aromatic nitrogens is 1. The van der Waals surface area contributed by atoms with Crippen LogP contribution in [0.1, 0.15) is 11.1 Å². The zero-order valence-electron chi connectivity index (χ0n) is 11.4. The lowest BCUT2D eigenvalue weighted by Gasteiger charge is -2.09. The number of rotatable bonds is 3. The fourth-order valence-corrected chi connectivity index (χ4v) is 2.10. The summed E-state index contributed by atoms with van der Waals surface area (Å²) in [5, 5.41) is 0.149. The van der Waals surface area contributed by atoms with Crippen LogP contribution in [0, 0.1) is 0 Å². The number of hydrogen-bond acceptors (Lipinski definition) is 3. The van der Waals surface area contributed by atoms with Gasteiger partial charge in [-0.1, -0.05) is 23.7 Å². The van der Waals surface area contributed by atoms with Gasteiger partial charge in [0.05, 0.1) is 24.8 Å². The third-order valence-electron chi connectivity index (χ3n) is 2.94. The van der Waals surface area contributed by atoms with Crippen LogP contribution in [0.4, 0.5) is 13.2 Å². The SMILES string of the molecule is COC(=O)Cc1cc(Cl)nc(-c2ccc(C(F)(F)F)cc2)c1. The first-order valence-electron chi connectivity index (χ1n) is 6.20. The average molecular weight is 330 g/mol. The van der Waals surface area contributed by atoms with Gasteiger partial charge in [0.15, 0.2) is 0 Å². The topological polar surface area (TPSA) is 39.2 Å². The molecule has 1 heterocycles. The van der Waals surface area contributed by atoms with Gasteiger partial charge in [0.1, 0.15) is 5.15 Å². The summed E-state index contributed by atoms with van der Waals surface area (Å²) in [6.07, 6.45) is -4.39. The van der Waals surface area contributed by atoms with Gasteiger partial charge in [-0.2, -0.15) is 13.2 Å². The van der Waals surface area contributed by atoms with Crippen LogP contribution in [0.5, 0.6) is 0 Å². The van der Waals surface area contributed by atoms with Crippen molar-refractivity contribution in [3.8, 4) is 11.3 Å². The Morgan fingerprint density at radius 2 is 1.86 bits per heavy atom. The van der Waals surface area contributed by atoms with Crippen LogP contribution >= 0.6 is 11.6 Å². The molecule has 0 radical (unpaired) electrons. The number of methoxy groups -OCH3 is 1. The molecule has 0 bridgehead atoms. The molecule has 7 heteroatoms. The molecular formula is C15H11ClF3NO2. The summed E-state index contributed by atoms with van der Waals surface area (Å²) in [4.78, 5) is 15.3. The molecule has 0 N–H and O–H groups in total. The van der Waals surface area contributed by atoms with Crippen molar-refractivity contribution >= 4 is 17.6 Å². The van der Waals surface area contributed by atoms with Crippen molar-refractivity contribution < 1.29 is 22.7 Å². The van der Waals surface area contributed by atoms with E-state index in [0.29, 0.717) is 16.8 Å². The Balaban J connectivity index is 2.34. The second-order valence-corrected chi connectivity index (χ2v) is 4.90. The molecule has 0 saturated carbocycles. The maximum absolute atomic E-state index is 12.5. The molecule has 2 aromatic rings. The fourth-order valence-electron chi connectivity index (χ4n) is 1.87. The highest BCUT2D eigenvalue weighted by Crippen LogP contribution is 2.31. The van der Waals surface area contributed by atoms with E-state index in [9.17, 15) is 18.0 Å². The number of benzene rings is 1. The number of halogens is 4.